The van der Waals surface area contributed by atoms with Gasteiger partial charge >= 0.3 is 5.97 Å². The molecule has 2 unspecified atom stereocenters. The third-order valence-electron chi connectivity index (χ3n) is 6.83. The Kier molecular flexibility index (Phi) is 9.30. The molecular weight excluding hydrogens is 496 g/mol. The van der Waals surface area contributed by atoms with Crippen LogP contribution in [0.25, 0.3) is 0 Å². The monoisotopic (exact) mass is 538 g/mol. The fraction of sp³-hybridized carbons (Fsp3) is 0.516. The Labute approximate surface area is 231 Å². The molecule has 0 spiro atoms. The molecule has 0 radical (unpaired) electrons. The summed E-state index contributed by atoms with van der Waals surface area (Å²) in [5.74, 6) is -0.274. The minimum absolute atomic E-state index is 0.0537. The normalized spacial score (nSPS) is 16.5. The summed E-state index contributed by atoms with van der Waals surface area (Å²) in [7, 11) is 0. The second kappa shape index (κ2) is 12.1. The molecule has 1 heterocycles. The van der Waals surface area contributed by atoms with E-state index in [0.717, 1.165) is 16.7 Å². The van der Waals surface area contributed by atoms with E-state index in [1.54, 1.807) is 12.1 Å². The van der Waals surface area contributed by atoms with Gasteiger partial charge in [0.05, 0.1) is 0 Å². The molecule has 0 saturated carbocycles. The van der Waals surface area contributed by atoms with Gasteiger partial charge in [-0.15, -0.1) is 0 Å². The molecule has 1 saturated heterocycles. The van der Waals surface area contributed by atoms with Crippen LogP contribution >= 0.6 is 0 Å². The number of cyclic esters (lactones) is 1. The van der Waals surface area contributed by atoms with Gasteiger partial charge < -0.3 is 19.9 Å². The summed E-state index contributed by atoms with van der Waals surface area (Å²) in [6.07, 6.45) is 0.573. The molecule has 39 heavy (non-hydrogen) atoms. The summed E-state index contributed by atoms with van der Waals surface area (Å²) >= 11 is 0. The van der Waals surface area contributed by atoms with Gasteiger partial charge in [-0.1, -0.05) is 78.8 Å². The van der Waals surface area contributed by atoms with E-state index in [2.05, 4.69) is 5.32 Å². The van der Waals surface area contributed by atoms with Crippen molar-refractivity contribution in [2.75, 3.05) is 19.9 Å². The van der Waals surface area contributed by atoms with Crippen LogP contribution in [-0.2, 0) is 36.4 Å². The highest BCUT2D eigenvalue weighted by molar-refractivity contribution is 5.87. The van der Waals surface area contributed by atoms with Crippen molar-refractivity contribution in [1.82, 2.24) is 10.2 Å². The number of aromatic hydroxyl groups is 1. The Balaban J connectivity index is 1.53. The first-order chi connectivity index (χ1) is 18.2. The number of nitrogens with one attached hydrogen (secondary N) is 1. The molecule has 8 nitrogen and oxygen atoms in total. The predicted molar refractivity (Wildman–Crippen MR) is 150 cm³/mol. The first-order valence-corrected chi connectivity index (χ1v) is 13.4. The molecule has 212 valence electrons. The van der Waals surface area contributed by atoms with Gasteiger partial charge in [0.2, 0.25) is 5.91 Å². The van der Waals surface area contributed by atoms with Crippen molar-refractivity contribution in [2.24, 2.45) is 5.92 Å². The summed E-state index contributed by atoms with van der Waals surface area (Å²) in [6, 6.07) is 12.4. The number of ether oxygens (including phenoxy) is 2. The van der Waals surface area contributed by atoms with Crippen LogP contribution in [0.15, 0.2) is 42.5 Å². The van der Waals surface area contributed by atoms with E-state index in [-0.39, 0.29) is 60.6 Å². The van der Waals surface area contributed by atoms with E-state index < -0.39 is 12.0 Å². The van der Waals surface area contributed by atoms with Crippen LogP contribution in [0.3, 0.4) is 0 Å². The van der Waals surface area contributed by atoms with Crippen LogP contribution in [-0.4, -0.2) is 53.7 Å². The van der Waals surface area contributed by atoms with Crippen LogP contribution in [0.2, 0.25) is 0 Å². The highest BCUT2D eigenvalue weighted by atomic mass is 16.6. The zero-order chi connectivity index (χ0) is 29.0. The average molecular weight is 539 g/mol. The summed E-state index contributed by atoms with van der Waals surface area (Å²) < 4.78 is 11.0. The first kappa shape index (κ1) is 30.0. The number of esters is 1. The molecule has 2 N–H and O–H groups in total. The zero-order valence-electron chi connectivity index (χ0n) is 24.2. The topological polar surface area (TPSA) is 105 Å². The number of carbonyl (C=O) groups excluding carboxylic acids is 3. The van der Waals surface area contributed by atoms with Gasteiger partial charge in [0.25, 0.3) is 5.91 Å². The number of phenols is 1. The number of hydrogen-bond donors (Lipinski definition) is 2. The minimum atomic E-state index is -0.642. The number of phenolic OH excluding ortho intramolecular Hbond substituents is 1. The smallest absolute Gasteiger partial charge is 0.331 e. The van der Waals surface area contributed by atoms with E-state index in [9.17, 15) is 19.5 Å². The van der Waals surface area contributed by atoms with Gasteiger partial charge in [-0.25, -0.2) is 4.79 Å². The quantitative estimate of drug-likeness (QED) is 0.457. The molecule has 3 rings (SSSR count). The maximum Gasteiger partial charge on any atom is 0.331 e. The lowest BCUT2D eigenvalue weighted by atomic mass is 9.79. The second-order valence-electron chi connectivity index (χ2n) is 12.4. The third-order valence-corrected chi connectivity index (χ3v) is 6.83. The maximum absolute atomic E-state index is 12.9. The molecular formula is C31H42N2O6. The fourth-order valence-electron chi connectivity index (χ4n) is 4.53. The molecule has 8 heteroatoms. The van der Waals surface area contributed by atoms with Crippen molar-refractivity contribution in [1.29, 1.82) is 0 Å². The molecule has 2 atom stereocenters. The van der Waals surface area contributed by atoms with Crippen LogP contribution in [0.1, 0.15) is 71.6 Å². The zero-order valence-corrected chi connectivity index (χ0v) is 24.2. The summed E-state index contributed by atoms with van der Waals surface area (Å²) in [5, 5.41) is 13.7. The molecule has 2 aromatic carbocycles. The van der Waals surface area contributed by atoms with E-state index >= 15 is 0 Å². The number of nitrogens with zero attached hydrogens (tertiary/aromatic N) is 1. The lowest BCUT2D eigenvalue weighted by molar-refractivity contribution is -0.139. The van der Waals surface area contributed by atoms with Crippen molar-refractivity contribution in [2.45, 2.75) is 78.2 Å². The van der Waals surface area contributed by atoms with Gasteiger partial charge in [-0.05, 0) is 34.4 Å². The van der Waals surface area contributed by atoms with Crippen LogP contribution in [0.5, 0.6) is 11.5 Å². The van der Waals surface area contributed by atoms with E-state index in [4.69, 9.17) is 9.47 Å². The molecule has 2 aromatic rings. The lowest BCUT2D eigenvalue weighted by Gasteiger charge is -2.28. The van der Waals surface area contributed by atoms with Crippen molar-refractivity contribution < 1.29 is 29.0 Å². The number of rotatable bonds is 9. The van der Waals surface area contributed by atoms with Crippen molar-refractivity contribution in [3.05, 3.63) is 59.2 Å². The average Bonchev–Trinajstić information content (AvgIpc) is 3.21. The summed E-state index contributed by atoms with van der Waals surface area (Å²) in [5.41, 5.74) is 1.86. The third kappa shape index (κ3) is 7.97. The van der Waals surface area contributed by atoms with E-state index in [1.165, 1.54) is 4.90 Å². The number of hydrogen-bond acceptors (Lipinski definition) is 6. The lowest BCUT2D eigenvalue weighted by Crippen LogP contribution is -2.41. The summed E-state index contributed by atoms with van der Waals surface area (Å²) in [4.78, 5) is 39.2. The number of amides is 2. The van der Waals surface area contributed by atoms with Crippen molar-refractivity contribution in [3.8, 4) is 11.5 Å². The molecule has 0 bridgehead atoms. The van der Waals surface area contributed by atoms with Gasteiger partial charge in [0.15, 0.2) is 13.3 Å². The second-order valence-corrected chi connectivity index (χ2v) is 12.4. The highest BCUT2D eigenvalue weighted by Gasteiger charge is 2.38. The van der Waals surface area contributed by atoms with E-state index in [0.29, 0.717) is 12.2 Å². The Morgan fingerprint density at radius 2 is 1.67 bits per heavy atom. The SMILES string of the molecule is CC(CNC(=O)COc1cc(C(C)(C)C)c(O)c(C(C)(C)C)c1)CC(=O)N1COC(=O)C1Cc1ccccc1. The van der Waals surface area contributed by atoms with Gasteiger partial charge in [-0.3, -0.25) is 14.5 Å². The number of benzene rings is 2. The van der Waals surface area contributed by atoms with Gasteiger partial charge in [-0.2, -0.15) is 0 Å². The van der Waals surface area contributed by atoms with Gasteiger partial charge in [0.1, 0.15) is 17.5 Å². The Morgan fingerprint density at radius 1 is 1.08 bits per heavy atom. The molecule has 1 aliphatic rings. The molecule has 1 fully saturated rings. The van der Waals surface area contributed by atoms with Gasteiger partial charge in [0, 0.05) is 30.5 Å². The van der Waals surface area contributed by atoms with E-state index in [1.807, 2.05) is 78.8 Å². The predicted octanol–water partition coefficient (Wildman–Crippen LogP) is 4.46. The summed E-state index contributed by atoms with van der Waals surface area (Å²) in [6.45, 7) is 14.0. The Bertz CT molecular complexity index is 1140. The number of carbonyl (C=O) groups is 3. The molecule has 0 aliphatic carbocycles. The molecule has 2 amide bonds. The fourth-order valence-corrected chi connectivity index (χ4v) is 4.53. The van der Waals surface area contributed by atoms with Crippen LogP contribution in [0.4, 0.5) is 0 Å². The largest absolute Gasteiger partial charge is 0.507 e. The Hall–Kier alpha value is -3.55. The maximum atomic E-state index is 12.9. The van der Waals surface area contributed by atoms with Crippen molar-refractivity contribution in [3.63, 3.8) is 0 Å². The van der Waals surface area contributed by atoms with Crippen molar-refractivity contribution >= 4 is 17.8 Å². The Morgan fingerprint density at radius 3 is 2.23 bits per heavy atom. The minimum Gasteiger partial charge on any atom is -0.507 e. The van der Waals surface area contributed by atoms with Crippen LogP contribution < -0.4 is 10.1 Å². The molecule has 0 aromatic heterocycles. The molecule has 1 aliphatic heterocycles. The first-order valence-electron chi connectivity index (χ1n) is 13.4. The standard InChI is InChI=1S/C31H42N2O6/c1-20(13-27(35)33-19-39-29(37)25(33)14-21-11-9-8-10-12-21)17-32-26(34)18-38-22-15-23(30(2,3)4)28(36)24(16-22)31(5,6)7/h8-12,15-16,20,25,36H,13-14,17-19H2,1-7H3,(H,32,34). The van der Waals surface area contributed by atoms with Crippen LogP contribution in [0, 0.1) is 5.92 Å². The highest BCUT2D eigenvalue weighted by Crippen LogP contribution is 2.41.